The molecule has 2 rings (SSSR count). The molecule has 0 spiro atoms. The summed E-state index contributed by atoms with van der Waals surface area (Å²) in [4.78, 5) is 0. The second-order valence-electron chi connectivity index (χ2n) is 4.64. The number of halogens is 1. The summed E-state index contributed by atoms with van der Waals surface area (Å²) in [7, 11) is 2.03. The van der Waals surface area contributed by atoms with Crippen molar-refractivity contribution in [3.63, 3.8) is 0 Å². The van der Waals surface area contributed by atoms with Crippen molar-refractivity contribution >= 4 is 23.4 Å². The SMILES string of the molecule is CNCC(c1ccccc1Cl)C1CCSCC1. The highest BCUT2D eigenvalue weighted by Crippen LogP contribution is 2.37. The van der Waals surface area contributed by atoms with Crippen molar-refractivity contribution < 1.29 is 0 Å². The summed E-state index contributed by atoms with van der Waals surface area (Å²) < 4.78 is 0. The first-order valence-electron chi connectivity index (χ1n) is 6.29. The molecular weight excluding hydrogens is 250 g/mol. The molecule has 1 aromatic carbocycles. The van der Waals surface area contributed by atoms with E-state index in [1.165, 1.54) is 29.9 Å². The van der Waals surface area contributed by atoms with Crippen molar-refractivity contribution in [2.45, 2.75) is 18.8 Å². The van der Waals surface area contributed by atoms with Crippen molar-refractivity contribution in [1.82, 2.24) is 5.32 Å². The van der Waals surface area contributed by atoms with Crippen molar-refractivity contribution in [3.8, 4) is 0 Å². The van der Waals surface area contributed by atoms with Crippen molar-refractivity contribution in [1.29, 1.82) is 0 Å². The van der Waals surface area contributed by atoms with E-state index in [1.807, 2.05) is 19.2 Å². The van der Waals surface area contributed by atoms with Gasteiger partial charge in [0.15, 0.2) is 0 Å². The maximum absolute atomic E-state index is 6.34. The highest BCUT2D eigenvalue weighted by atomic mass is 35.5. The Hall–Kier alpha value is -0.180. The van der Waals surface area contributed by atoms with Gasteiger partial charge in [-0.25, -0.2) is 0 Å². The third-order valence-corrected chi connectivity index (χ3v) is 4.96. The average molecular weight is 270 g/mol. The van der Waals surface area contributed by atoms with E-state index < -0.39 is 0 Å². The summed E-state index contributed by atoms with van der Waals surface area (Å²) in [6.07, 6.45) is 2.64. The topological polar surface area (TPSA) is 12.0 Å². The van der Waals surface area contributed by atoms with Crippen LogP contribution in [0.15, 0.2) is 24.3 Å². The number of rotatable bonds is 4. The van der Waals surface area contributed by atoms with Crippen LogP contribution in [-0.2, 0) is 0 Å². The summed E-state index contributed by atoms with van der Waals surface area (Å²) in [6.45, 7) is 1.03. The summed E-state index contributed by atoms with van der Waals surface area (Å²) in [5, 5.41) is 4.25. The Bertz CT molecular complexity index is 350. The van der Waals surface area contributed by atoms with Crippen molar-refractivity contribution in [3.05, 3.63) is 34.9 Å². The van der Waals surface area contributed by atoms with Gasteiger partial charge in [-0.1, -0.05) is 29.8 Å². The lowest BCUT2D eigenvalue weighted by molar-refractivity contribution is 0.386. The highest BCUT2D eigenvalue weighted by molar-refractivity contribution is 7.99. The van der Waals surface area contributed by atoms with Gasteiger partial charge in [0.05, 0.1) is 0 Å². The maximum atomic E-state index is 6.34. The second-order valence-corrected chi connectivity index (χ2v) is 6.27. The lowest BCUT2D eigenvalue weighted by Gasteiger charge is -2.31. The predicted molar refractivity (Wildman–Crippen MR) is 78.2 cm³/mol. The number of benzene rings is 1. The Morgan fingerprint density at radius 2 is 2.06 bits per heavy atom. The first-order valence-corrected chi connectivity index (χ1v) is 7.83. The number of hydrogen-bond acceptors (Lipinski definition) is 2. The van der Waals surface area contributed by atoms with E-state index in [1.54, 1.807) is 0 Å². The molecule has 17 heavy (non-hydrogen) atoms. The van der Waals surface area contributed by atoms with E-state index in [9.17, 15) is 0 Å². The Morgan fingerprint density at radius 1 is 1.35 bits per heavy atom. The average Bonchev–Trinajstić information content (AvgIpc) is 2.38. The molecule has 1 heterocycles. The van der Waals surface area contributed by atoms with Gasteiger partial charge < -0.3 is 5.32 Å². The summed E-state index contributed by atoms with van der Waals surface area (Å²) in [6, 6.07) is 8.31. The molecule has 1 atom stereocenters. The van der Waals surface area contributed by atoms with Gasteiger partial charge in [0.25, 0.3) is 0 Å². The van der Waals surface area contributed by atoms with E-state index >= 15 is 0 Å². The zero-order chi connectivity index (χ0) is 12.1. The predicted octanol–water partition coefficient (Wildman–Crippen LogP) is 3.79. The number of hydrogen-bond donors (Lipinski definition) is 1. The van der Waals surface area contributed by atoms with E-state index in [-0.39, 0.29) is 0 Å². The third kappa shape index (κ3) is 3.40. The molecular formula is C14H20ClNS. The number of thioether (sulfide) groups is 1. The third-order valence-electron chi connectivity index (χ3n) is 3.56. The normalized spacial score (nSPS) is 19.2. The second kappa shape index (κ2) is 6.67. The van der Waals surface area contributed by atoms with Crippen molar-refractivity contribution in [2.75, 3.05) is 25.1 Å². The zero-order valence-corrected chi connectivity index (χ0v) is 11.9. The van der Waals surface area contributed by atoms with Gasteiger partial charge in [0.1, 0.15) is 0 Å². The highest BCUT2D eigenvalue weighted by Gasteiger charge is 2.25. The molecule has 94 valence electrons. The Morgan fingerprint density at radius 3 is 2.71 bits per heavy atom. The van der Waals surface area contributed by atoms with E-state index in [0.717, 1.165) is 17.5 Å². The maximum Gasteiger partial charge on any atom is 0.0441 e. The van der Waals surface area contributed by atoms with E-state index in [0.29, 0.717) is 5.92 Å². The summed E-state index contributed by atoms with van der Waals surface area (Å²) >= 11 is 8.42. The number of nitrogens with one attached hydrogen (secondary N) is 1. The van der Waals surface area contributed by atoms with Gasteiger partial charge >= 0.3 is 0 Å². The van der Waals surface area contributed by atoms with E-state index in [2.05, 4.69) is 29.2 Å². The fourth-order valence-electron chi connectivity index (χ4n) is 2.64. The molecule has 1 aliphatic heterocycles. The molecule has 1 aromatic rings. The van der Waals surface area contributed by atoms with E-state index in [4.69, 9.17) is 11.6 Å². The molecule has 1 aliphatic rings. The van der Waals surface area contributed by atoms with Crippen LogP contribution in [0.1, 0.15) is 24.3 Å². The molecule has 1 N–H and O–H groups in total. The van der Waals surface area contributed by atoms with Crippen LogP contribution in [0.25, 0.3) is 0 Å². The summed E-state index contributed by atoms with van der Waals surface area (Å²) in [5.74, 6) is 3.95. The van der Waals surface area contributed by atoms with Gasteiger partial charge in [-0.3, -0.25) is 0 Å². The standard InChI is InChI=1S/C14H20ClNS/c1-16-10-13(11-6-8-17-9-7-11)12-4-2-3-5-14(12)15/h2-5,11,13,16H,6-10H2,1H3. The smallest absolute Gasteiger partial charge is 0.0441 e. The van der Waals surface area contributed by atoms with Gasteiger partial charge in [-0.2, -0.15) is 11.8 Å². The molecule has 1 saturated heterocycles. The van der Waals surface area contributed by atoms with Crippen LogP contribution in [0.5, 0.6) is 0 Å². The van der Waals surface area contributed by atoms with Crippen LogP contribution in [0, 0.1) is 5.92 Å². The van der Waals surface area contributed by atoms with Crippen LogP contribution in [0.2, 0.25) is 5.02 Å². The molecule has 0 aromatic heterocycles. The zero-order valence-electron chi connectivity index (χ0n) is 10.3. The van der Waals surface area contributed by atoms with Gasteiger partial charge in [-0.05, 0) is 48.9 Å². The molecule has 0 aliphatic carbocycles. The number of likely N-dealkylation sites (N-methyl/N-ethyl adjacent to an activating group) is 1. The van der Waals surface area contributed by atoms with Crippen LogP contribution in [0.4, 0.5) is 0 Å². The fraction of sp³-hybridized carbons (Fsp3) is 0.571. The van der Waals surface area contributed by atoms with Gasteiger partial charge in [0, 0.05) is 17.5 Å². The minimum Gasteiger partial charge on any atom is -0.319 e. The molecule has 1 fully saturated rings. The largest absolute Gasteiger partial charge is 0.319 e. The monoisotopic (exact) mass is 269 g/mol. The molecule has 1 nitrogen and oxygen atoms in total. The molecule has 0 saturated carbocycles. The van der Waals surface area contributed by atoms with Crippen LogP contribution >= 0.6 is 23.4 Å². The van der Waals surface area contributed by atoms with Crippen LogP contribution in [0.3, 0.4) is 0 Å². The molecule has 1 unspecified atom stereocenters. The van der Waals surface area contributed by atoms with Crippen LogP contribution < -0.4 is 5.32 Å². The molecule has 0 radical (unpaired) electrons. The minimum absolute atomic E-state index is 0.564. The molecule has 0 amide bonds. The first kappa shape index (κ1) is 13.3. The quantitative estimate of drug-likeness (QED) is 0.893. The van der Waals surface area contributed by atoms with Gasteiger partial charge in [-0.15, -0.1) is 0 Å². The fourth-order valence-corrected chi connectivity index (χ4v) is 4.06. The van der Waals surface area contributed by atoms with Crippen LogP contribution in [-0.4, -0.2) is 25.1 Å². The first-order chi connectivity index (χ1) is 8.33. The Kier molecular flexibility index (Phi) is 5.20. The Balaban J connectivity index is 2.18. The van der Waals surface area contributed by atoms with Crippen molar-refractivity contribution in [2.24, 2.45) is 5.92 Å². The Labute approximate surface area is 113 Å². The summed E-state index contributed by atoms with van der Waals surface area (Å²) in [5.41, 5.74) is 1.32. The minimum atomic E-state index is 0.564. The lowest BCUT2D eigenvalue weighted by Crippen LogP contribution is -2.27. The lowest BCUT2D eigenvalue weighted by atomic mass is 9.82. The molecule has 3 heteroatoms. The van der Waals surface area contributed by atoms with Gasteiger partial charge in [0.2, 0.25) is 0 Å². The molecule has 0 bridgehead atoms.